The fraction of sp³-hybridized carbons (Fsp3) is 0.417. The van der Waals surface area contributed by atoms with Crippen molar-refractivity contribution >= 4 is 5.91 Å². The van der Waals surface area contributed by atoms with E-state index in [1.807, 2.05) is 18.2 Å². The first-order valence-electron chi connectivity index (χ1n) is 5.15. The molecule has 1 aromatic carbocycles. The molecular formula is C12H15NO. The molecule has 2 nitrogen and oxygen atoms in total. The summed E-state index contributed by atoms with van der Waals surface area (Å²) >= 11 is 0. The average Bonchev–Trinajstić information content (AvgIpc) is 2.19. The Morgan fingerprint density at radius 2 is 2.00 bits per heavy atom. The SMILES string of the molecule is CC[C@@H]1C(=O)N[C@H]1Cc1ccccc1. The van der Waals surface area contributed by atoms with Gasteiger partial charge < -0.3 is 5.32 Å². The van der Waals surface area contributed by atoms with Gasteiger partial charge >= 0.3 is 0 Å². The summed E-state index contributed by atoms with van der Waals surface area (Å²) in [5, 5.41) is 2.95. The first-order chi connectivity index (χ1) is 6.81. The van der Waals surface area contributed by atoms with Gasteiger partial charge in [-0.05, 0) is 18.4 Å². The van der Waals surface area contributed by atoms with E-state index >= 15 is 0 Å². The van der Waals surface area contributed by atoms with Gasteiger partial charge in [0.05, 0.1) is 5.92 Å². The highest BCUT2D eigenvalue weighted by Crippen LogP contribution is 2.21. The van der Waals surface area contributed by atoms with Gasteiger partial charge in [-0.1, -0.05) is 37.3 Å². The van der Waals surface area contributed by atoms with Crippen molar-refractivity contribution in [1.82, 2.24) is 5.32 Å². The lowest BCUT2D eigenvalue weighted by Crippen LogP contribution is -2.58. The van der Waals surface area contributed by atoms with Gasteiger partial charge in [0, 0.05) is 6.04 Å². The Kier molecular flexibility index (Phi) is 2.53. The number of nitrogens with one attached hydrogen (secondary N) is 1. The Hall–Kier alpha value is -1.31. The van der Waals surface area contributed by atoms with Gasteiger partial charge in [-0.15, -0.1) is 0 Å². The first kappa shape index (κ1) is 9.25. The lowest BCUT2D eigenvalue weighted by molar-refractivity contribution is -0.135. The quantitative estimate of drug-likeness (QED) is 0.721. The zero-order valence-corrected chi connectivity index (χ0v) is 8.36. The van der Waals surface area contributed by atoms with Gasteiger partial charge in [0.2, 0.25) is 5.91 Å². The maximum absolute atomic E-state index is 11.2. The van der Waals surface area contributed by atoms with Gasteiger partial charge in [-0.2, -0.15) is 0 Å². The molecule has 0 radical (unpaired) electrons. The number of benzene rings is 1. The summed E-state index contributed by atoms with van der Waals surface area (Å²) < 4.78 is 0. The smallest absolute Gasteiger partial charge is 0.225 e. The Morgan fingerprint density at radius 1 is 1.29 bits per heavy atom. The van der Waals surface area contributed by atoms with Crippen LogP contribution in [0.25, 0.3) is 0 Å². The summed E-state index contributed by atoms with van der Waals surface area (Å²) in [5.41, 5.74) is 1.30. The van der Waals surface area contributed by atoms with Crippen LogP contribution in [-0.4, -0.2) is 11.9 Å². The number of carbonyl (C=O) groups is 1. The molecule has 2 atom stereocenters. The molecule has 1 saturated heterocycles. The van der Waals surface area contributed by atoms with Crippen LogP contribution < -0.4 is 5.32 Å². The molecule has 0 bridgehead atoms. The molecule has 2 heteroatoms. The fourth-order valence-corrected chi connectivity index (χ4v) is 2.01. The van der Waals surface area contributed by atoms with Crippen molar-refractivity contribution in [1.29, 1.82) is 0 Å². The third kappa shape index (κ3) is 1.65. The highest BCUT2D eigenvalue weighted by molar-refractivity contribution is 5.85. The van der Waals surface area contributed by atoms with E-state index in [0.29, 0.717) is 6.04 Å². The standard InChI is InChI=1S/C12H15NO/c1-2-10-11(13-12(10)14)8-9-6-4-3-5-7-9/h3-7,10-11H,2,8H2,1H3,(H,13,14)/t10-,11-/m0/s1. The van der Waals surface area contributed by atoms with Crippen LogP contribution in [0.15, 0.2) is 30.3 Å². The Labute approximate surface area is 84.3 Å². The summed E-state index contributed by atoms with van der Waals surface area (Å²) in [5.74, 6) is 0.448. The van der Waals surface area contributed by atoms with Gasteiger partial charge in [0.15, 0.2) is 0 Å². The first-order valence-corrected chi connectivity index (χ1v) is 5.15. The molecule has 1 aliphatic rings. The predicted octanol–water partition coefficient (Wildman–Crippen LogP) is 1.75. The van der Waals surface area contributed by atoms with E-state index in [4.69, 9.17) is 0 Å². The fourth-order valence-electron chi connectivity index (χ4n) is 2.01. The molecule has 0 unspecified atom stereocenters. The number of hydrogen-bond acceptors (Lipinski definition) is 1. The lowest BCUT2D eigenvalue weighted by atomic mass is 9.84. The molecule has 1 heterocycles. The average molecular weight is 189 g/mol. The van der Waals surface area contributed by atoms with Gasteiger partial charge in [0.25, 0.3) is 0 Å². The Balaban J connectivity index is 1.97. The summed E-state index contributed by atoms with van der Waals surface area (Å²) in [6, 6.07) is 10.7. The number of hydrogen-bond donors (Lipinski definition) is 1. The molecule has 0 spiro atoms. The molecule has 1 amide bonds. The molecule has 0 aliphatic carbocycles. The molecular weight excluding hydrogens is 174 g/mol. The van der Waals surface area contributed by atoms with Crippen LogP contribution in [0.1, 0.15) is 18.9 Å². The van der Waals surface area contributed by atoms with Crippen molar-refractivity contribution in [3.8, 4) is 0 Å². The van der Waals surface area contributed by atoms with Crippen molar-refractivity contribution < 1.29 is 4.79 Å². The zero-order valence-electron chi connectivity index (χ0n) is 8.36. The molecule has 1 N–H and O–H groups in total. The van der Waals surface area contributed by atoms with Crippen molar-refractivity contribution in [2.24, 2.45) is 5.92 Å². The predicted molar refractivity (Wildman–Crippen MR) is 55.9 cm³/mol. The second-order valence-electron chi connectivity index (χ2n) is 3.82. The molecule has 74 valence electrons. The molecule has 0 aromatic heterocycles. The second-order valence-corrected chi connectivity index (χ2v) is 3.82. The molecule has 1 aromatic rings. The van der Waals surface area contributed by atoms with Crippen LogP contribution >= 0.6 is 0 Å². The number of β-lactam (4-membered cyclic amide) rings is 1. The van der Waals surface area contributed by atoms with Crippen molar-refractivity contribution in [3.63, 3.8) is 0 Å². The van der Waals surface area contributed by atoms with E-state index in [-0.39, 0.29) is 11.8 Å². The lowest BCUT2D eigenvalue weighted by Gasteiger charge is -2.36. The van der Waals surface area contributed by atoms with E-state index < -0.39 is 0 Å². The van der Waals surface area contributed by atoms with Gasteiger partial charge in [0.1, 0.15) is 0 Å². The Bertz CT molecular complexity index is 320. The molecule has 0 saturated carbocycles. The minimum absolute atomic E-state index is 0.216. The topological polar surface area (TPSA) is 29.1 Å². The zero-order chi connectivity index (χ0) is 9.97. The van der Waals surface area contributed by atoms with Crippen LogP contribution in [0.3, 0.4) is 0 Å². The van der Waals surface area contributed by atoms with Crippen LogP contribution in [0, 0.1) is 5.92 Å². The van der Waals surface area contributed by atoms with Gasteiger partial charge in [-0.25, -0.2) is 0 Å². The largest absolute Gasteiger partial charge is 0.352 e. The highest BCUT2D eigenvalue weighted by Gasteiger charge is 2.37. The highest BCUT2D eigenvalue weighted by atomic mass is 16.2. The summed E-state index contributed by atoms with van der Waals surface area (Å²) in [7, 11) is 0. The van der Waals surface area contributed by atoms with Crippen LogP contribution in [0.2, 0.25) is 0 Å². The van der Waals surface area contributed by atoms with E-state index in [9.17, 15) is 4.79 Å². The third-order valence-electron chi connectivity index (χ3n) is 2.89. The van der Waals surface area contributed by atoms with Crippen LogP contribution in [0.4, 0.5) is 0 Å². The van der Waals surface area contributed by atoms with Gasteiger partial charge in [-0.3, -0.25) is 4.79 Å². The van der Waals surface area contributed by atoms with E-state index in [1.165, 1.54) is 5.56 Å². The minimum Gasteiger partial charge on any atom is -0.352 e. The number of amides is 1. The molecule has 14 heavy (non-hydrogen) atoms. The third-order valence-corrected chi connectivity index (χ3v) is 2.89. The maximum Gasteiger partial charge on any atom is 0.225 e. The van der Waals surface area contributed by atoms with Crippen molar-refractivity contribution in [2.45, 2.75) is 25.8 Å². The normalized spacial score (nSPS) is 25.4. The number of rotatable bonds is 3. The van der Waals surface area contributed by atoms with E-state index in [2.05, 4.69) is 24.4 Å². The van der Waals surface area contributed by atoms with Crippen molar-refractivity contribution in [3.05, 3.63) is 35.9 Å². The summed E-state index contributed by atoms with van der Waals surface area (Å²) in [6.07, 6.45) is 1.91. The monoisotopic (exact) mass is 189 g/mol. The minimum atomic E-state index is 0.216. The molecule has 1 aliphatic heterocycles. The summed E-state index contributed by atoms with van der Waals surface area (Å²) in [4.78, 5) is 11.2. The summed E-state index contributed by atoms with van der Waals surface area (Å²) in [6.45, 7) is 2.07. The van der Waals surface area contributed by atoms with Crippen LogP contribution in [0.5, 0.6) is 0 Å². The maximum atomic E-state index is 11.2. The van der Waals surface area contributed by atoms with Crippen molar-refractivity contribution in [2.75, 3.05) is 0 Å². The number of carbonyl (C=O) groups excluding carboxylic acids is 1. The Morgan fingerprint density at radius 3 is 2.57 bits per heavy atom. The van der Waals surface area contributed by atoms with Crippen LogP contribution in [-0.2, 0) is 11.2 Å². The molecule has 1 fully saturated rings. The van der Waals surface area contributed by atoms with E-state index in [0.717, 1.165) is 12.8 Å². The second kappa shape index (κ2) is 3.82. The molecule has 2 rings (SSSR count). The van der Waals surface area contributed by atoms with E-state index in [1.54, 1.807) is 0 Å².